The van der Waals surface area contributed by atoms with Crippen molar-refractivity contribution < 1.29 is 14.4 Å². The standard InChI is InChI=1S/C21H32N4O3/c1-4-20(27)25-11-7-10-24(12-13-25)15-19(26)23-18-9-6-5-8-17(18)21(28)22-14-16(2)3/h5-6,8-9,16H,4,7,10-15H2,1-3H3,(H,22,28)(H,23,26). The summed E-state index contributed by atoms with van der Waals surface area (Å²) in [5, 5.41) is 5.75. The summed E-state index contributed by atoms with van der Waals surface area (Å²) in [6.07, 6.45) is 1.36. The van der Waals surface area contributed by atoms with Gasteiger partial charge in [0.25, 0.3) is 5.91 Å². The molecule has 3 amide bonds. The molecule has 1 heterocycles. The van der Waals surface area contributed by atoms with Crippen molar-refractivity contribution in [2.45, 2.75) is 33.6 Å². The molecule has 0 bridgehead atoms. The summed E-state index contributed by atoms with van der Waals surface area (Å²) in [4.78, 5) is 40.7. The predicted octanol–water partition coefficient (Wildman–Crippen LogP) is 1.96. The van der Waals surface area contributed by atoms with Gasteiger partial charge >= 0.3 is 0 Å². The Morgan fingerprint density at radius 3 is 2.54 bits per heavy atom. The number of carbonyl (C=O) groups excluding carboxylic acids is 3. The highest BCUT2D eigenvalue weighted by atomic mass is 16.2. The van der Waals surface area contributed by atoms with E-state index >= 15 is 0 Å². The van der Waals surface area contributed by atoms with E-state index in [0.29, 0.717) is 43.2 Å². The summed E-state index contributed by atoms with van der Waals surface area (Å²) in [5.74, 6) is 0.174. The molecule has 2 rings (SSSR count). The van der Waals surface area contributed by atoms with E-state index in [0.717, 1.165) is 19.5 Å². The number of hydrogen-bond donors (Lipinski definition) is 2. The number of para-hydroxylation sites is 1. The quantitative estimate of drug-likeness (QED) is 0.748. The highest BCUT2D eigenvalue weighted by Crippen LogP contribution is 2.15. The van der Waals surface area contributed by atoms with Crippen LogP contribution in [0.1, 0.15) is 44.0 Å². The first-order valence-electron chi connectivity index (χ1n) is 10.1. The molecule has 7 heteroatoms. The van der Waals surface area contributed by atoms with E-state index in [4.69, 9.17) is 0 Å². The van der Waals surface area contributed by atoms with Gasteiger partial charge in [0.15, 0.2) is 0 Å². The topological polar surface area (TPSA) is 81.8 Å². The minimum atomic E-state index is -0.187. The Morgan fingerprint density at radius 1 is 1.07 bits per heavy atom. The van der Waals surface area contributed by atoms with E-state index in [1.807, 2.05) is 25.7 Å². The zero-order valence-corrected chi connectivity index (χ0v) is 17.2. The lowest BCUT2D eigenvalue weighted by atomic mass is 10.1. The maximum atomic E-state index is 12.5. The number of benzene rings is 1. The van der Waals surface area contributed by atoms with Crippen LogP contribution < -0.4 is 10.6 Å². The average Bonchev–Trinajstić information content (AvgIpc) is 2.91. The van der Waals surface area contributed by atoms with Crippen molar-refractivity contribution in [2.24, 2.45) is 5.92 Å². The fourth-order valence-corrected chi connectivity index (χ4v) is 3.18. The molecule has 0 aromatic heterocycles. The fourth-order valence-electron chi connectivity index (χ4n) is 3.18. The van der Waals surface area contributed by atoms with Crippen molar-refractivity contribution in [3.8, 4) is 0 Å². The van der Waals surface area contributed by atoms with Crippen LogP contribution in [0.15, 0.2) is 24.3 Å². The third-order valence-electron chi connectivity index (χ3n) is 4.73. The third kappa shape index (κ3) is 6.64. The number of carbonyl (C=O) groups is 3. The van der Waals surface area contributed by atoms with Crippen molar-refractivity contribution in [3.63, 3.8) is 0 Å². The van der Waals surface area contributed by atoms with Gasteiger partial charge in [-0.1, -0.05) is 32.9 Å². The minimum absolute atomic E-state index is 0.153. The van der Waals surface area contributed by atoms with Gasteiger partial charge in [-0.05, 0) is 24.5 Å². The van der Waals surface area contributed by atoms with Crippen molar-refractivity contribution >= 4 is 23.4 Å². The molecule has 1 aromatic rings. The van der Waals surface area contributed by atoms with E-state index < -0.39 is 0 Å². The van der Waals surface area contributed by atoms with Crippen LogP contribution in [0, 0.1) is 5.92 Å². The van der Waals surface area contributed by atoms with Crippen LogP contribution in [0.25, 0.3) is 0 Å². The first-order valence-corrected chi connectivity index (χ1v) is 10.1. The van der Waals surface area contributed by atoms with Crippen molar-refractivity contribution in [2.75, 3.05) is 44.6 Å². The number of hydrogen-bond acceptors (Lipinski definition) is 4. The van der Waals surface area contributed by atoms with Crippen LogP contribution in [0.3, 0.4) is 0 Å². The van der Waals surface area contributed by atoms with Gasteiger partial charge in [0.2, 0.25) is 11.8 Å². The molecule has 0 saturated carbocycles. The molecule has 7 nitrogen and oxygen atoms in total. The van der Waals surface area contributed by atoms with E-state index in [1.54, 1.807) is 24.3 Å². The van der Waals surface area contributed by atoms with E-state index in [1.165, 1.54) is 0 Å². The van der Waals surface area contributed by atoms with Gasteiger partial charge in [-0.15, -0.1) is 0 Å². The number of nitrogens with zero attached hydrogens (tertiary/aromatic N) is 2. The van der Waals surface area contributed by atoms with E-state index in [-0.39, 0.29) is 24.3 Å². The number of anilines is 1. The van der Waals surface area contributed by atoms with Crippen LogP contribution in [0.2, 0.25) is 0 Å². The van der Waals surface area contributed by atoms with Crippen LogP contribution in [0.5, 0.6) is 0 Å². The summed E-state index contributed by atoms with van der Waals surface area (Å²) in [7, 11) is 0. The molecule has 154 valence electrons. The van der Waals surface area contributed by atoms with Crippen LogP contribution in [-0.2, 0) is 9.59 Å². The number of rotatable bonds is 7. The molecule has 2 N–H and O–H groups in total. The lowest BCUT2D eigenvalue weighted by molar-refractivity contribution is -0.130. The largest absolute Gasteiger partial charge is 0.352 e. The maximum Gasteiger partial charge on any atom is 0.253 e. The first kappa shape index (κ1) is 21.9. The van der Waals surface area contributed by atoms with E-state index in [9.17, 15) is 14.4 Å². The van der Waals surface area contributed by atoms with E-state index in [2.05, 4.69) is 15.5 Å². The summed E-state index contributed by atoms with van der Waals surface area (Å²) in [6, 6.07) is 7.04. The Balaban J connectivity index is 1.93. The molecule has 28 heavy (non-hydrogen) atoms. The molecular weight excluding hydrogens is 356 g/mol. The zero-order valence-electron chi connectivity index (χ0n) is 17.2. The summed E-state index contributed by atoms with van der Waals surface area (Å²) >= 11 is 0. The van der Waals surface area contributed by atoms with Crippen molar-refractivity contribution in [1.82, 2.24) is 15.1 Å². The lowest BCUT2D eigenvalue weighted by Crippen LogP contribution is -2.38. The average molecular weight is 389 g/mol. The minimum Gasteiger partial charge on any atom is -0.352 e. The Hall–Kier alpha value is -2.41. The highest BCUT2D eigenvalue weighted by Gasteiger charge is 2.20. The Morgan fingerprint density at radius 2 is 1.82 bits per heavy atom. The van der Waals surface area contributed by atoms with Crippen LogP contribution in [0.4, 0.5) is 5.69 Å². The van der Waals surface area contributed by atoms with Gasteiger partial charge in [0.05, 0.1) is 17.8 Å². The monoisotopic (exact) mass is 388 g/mol. The zero-order chi connectivity index (χ0) is 20.5. The van der Waals surface area contributed by atoms with Crippen LogP contribution in [-0.4, -0.2) is 66.8 Å². The second-order valence-corrected chi connectivity index (χ2v) is 7.56. The van der Waals surface area contributed by atoms with Gasteiger partial charge in [-0.25, -0.2) is 0 Å². The lowest BCUT2D eigenvalue weighted by Gasteiger charge is -2.21. The molecular formula is C21H32N4O3. The normalized spacial score (nSPS) is 15.2. The van der Waals surface area contributed by atoms with Gasteiger partial charge < -0.3 is 15.5 Å². The molecule has 0 unspecified atom stereocenters. The second-order valence-electron chi connectivity index (χ2n) is 7.56. The van der Waals surface area contributed by atoms with Gasteiger partial charge in [-0.3, -0.25) is 19.3 Å². The van der Waals surface area contributed by atoms with Gasteiger partial charge in [0, 0.05) is 39.1 Å². The van der Waals surface area contributed by atoms with Crippen LogP contribution >= 0.6 is 0 Å². The number of nitrogens with one attached hydrogen (secondary N) is 2. The molecule has 0 spiro atoms. The molecule has 1 aliphatic heterocycles. The summed E-state index contributed by atoms with van der Waals surface area (Å²) in [5.41, 5.74) is 0.985. The highest BCUT2D eigenvalue weighted by molar-refractivity contribution is 6.04. The predicted molar refractivity (Wildman–Crippen MR) is 110 cm³/mol. The second kappa shape index (κ2) is 10.8. The van der Waals surface area contributed by atoms with Gasteiger partial charge in [-0.2, -0.15) is 0 Å². The molecule has 0 radical (unpaired) electrons. The fraction of sp³-hybridized carbons (Fsp3) is 0.571. The summed E-state index contributed by atoms with van der Waals surface area (Å²) in [6.45, 7) is 9.60. The molecule has 0 atom stereocenters. The smallest absolute Gasteiger partial charge is 0.253 e. The number of amides is 3. The third-order valence-corrected chi connectivity index (χ3v) is 4.73. The molecule has 1 aromatic carbocycles. The Labute approximate surface area is 167 Å². The SMILES string of the molecule is CCC(=O)N1CCCN(CC(=O)Nc2ccccc2C(=O)NCC(C)C)CC1. The maximum absolute atomic E-state index is 12.5. The summed E-state index contributed by atoms with van der Waals surface area (Å²) < 4.78 is 0. The van der Waals surface area contributed by atoms with Crippen molar-refractivity contribution in [1.29, 1.82) is 0 Å². The molecule has 1 saturated heterocycles. The first-order chi connectivity index (χ1) is 13.4. The molecule has 1 fully saturated rings. The molecule has 1 aliphatic rings. The molecule has 0 aliphatic carbocycles. The van der Waals surface area contributed by atoms with Crippen molar-refractivity contribution in [3.05, 3.63) is 29.8 Å². The Kier molecular flexibility index (Phi) is 8.44. The van der Waals surface area contributed by atoms with Gasteiger partial charge in [0.1, 0.15) is 0 Å². The Bertz CT molecular complexity index is 690.